The highest BCUT2D eigenvalue weighted by molar-refractivity contribution is 5.80. The Morgan fingerprint density at radius 1 is 1.79 bits per heavy atom. The minimum atomic E-state index is -0.266. The Labute approximate surface area is 82.3 Å². The summed E-state index contributed by atoms with van der Waals surface area (Å²) in [6.07, 6.45) is 4.32. The summed E-state index contributed by atoms with van der Waals surface area (Å²) in [5.41, 5.74) is 5.60. The summed E-state index contributed by atoms with van der Waals surface area (Å²) in [7, 11) is 0. The first-order valence-electron chi connectivity index (χ1n) is 4.73. The molecule has 1 aliphatic rings. The lowest BCUT2D eigenvalue weighted by molar-refractivity contribution is -0.124. The number of amides is 1. The largest absolute Gasteiger partial charge is 0.350 e. The Hall–Kier alpha value is -1.36. The second kappa shape index (κ2) is 3.42. The summed E-state index contributed by atoms with van der Waals surface area (Å²) in [4.78, 5) is 11.6. The minimum Gasteiger partial charge on any atom is -0.350 e. The Morgan fingerprint density at radius 3 is 3.00 bits per heavy atom. The fraction of sp³-hybridized carbons (Fsp3) is 0.556. The molecule has 0 saturated heterocycles. The molecule has 3 unspecified atom stereocenters. The van der Waals surface area contributed by atoms with Crippen LogP contribution in [0.25, 0.3) is 0 Å². The summed E-state index contributed by atoms with van der Waals surface area (Å²) >= 11 is 0. The lowest BCUT2D eigenvalue weighted by Gasteiger charge is -2.11. The molecule has 1 amide bonds. The van der Waals surface area contributed by atoms with E-state index in [-0.39, 0.29) is 24.0 Å². The summed E-state index contributed by atoms with van der Waals surface area (Å²) < 4.78 is 1.63. The quantitative estimate of drug-likeness (QED) is 0.691. The third-order valence-electron chi connectivity index (χ3n) is 2.47. The average molecular weight is 194 g/mol. The Kier molecular flexibility index (Phi) is 2.25. The van der Waals surface area contributed by atoms with E-state index in [0.29, 0.717) is 0 Å². The smallest absolute Gasteiger partial charge is 0.244 e. The number of nitrogens with two attached hydrogens (primary N) is 1. The number of hydrogen-bond acceptors (Lipinski definition) is 3. The van der Waals surface area contributed by atoms with Crippen LogP contribution in [0.2, 0.25) is 0 Å². The van der Waals surface area contributed by atoms with Crippen LogP contribution in [0.1, 0.15) is 19.4 Å². The van der Waals surface area contributed by atoms with Gasteiger partial charge in [-0.3, -0.25) is 9.48 Å². The zero-order chi connectivity index (χ0) is 10.1. The number of nitrogens with zero attached hydrogens (tertiary/aromatic N) is 2. The van der Waals surface area contributed by atoms with Crippen LogP contribution in [0.4, 0.5) is 0 Å². The van der Waals surface area contributed by atoms with E-state index in [1.807, 2.05) is 6.92 Å². The second-order valence-corrected chi connectivity index (χ2v) is 3.68. The number of nitrogens with one attached hydrogen (secondary N) is 1. The maximum Gasteiger partial charge on any atom is 0.244 e. The van der Waals surface area contributed by atoms with Gasteiger partial charge in [0.1, 0.15) is 6.04 Å². The van der Waals surface area contributed by atoms with E-state index in [1.165, 1.54) is 0 Å². The predicted molar refractivity (Wildman–Crippen MR) is 51.5 cm³/mol. The van der Waals surface area contributed by atoms with Crippen molar-refractivity contribution in [3.63, 3.8) is 0 Å². The molecule has 76 valence electrons. The molecule has 1 heterocycles. The van der Waals surface area contributed by atoms with E-state index >= 15 is 0 Å². The maximum atomic E-state index is 11.6. The molecule has 1 aliphatic carbocycles. The van der Waals surface area contributed by atoms with Crippen molar-refractivity contribution in [1.29, 1.82) is 0 Å². The van der Waals surface area contributed by atoms with Crippen LogP contribution in [-0.2, 0) is 4.79 Å². The molecule has 5 heteroatoms. The molecule has 0 radical (unpaired) electrons. The standard InChI is InChI=1S/C9H14N4O/c1-6(13-4-2-3-11-13)9(14)12-8-5-7(8)10/h2-4,6-8H,5,10H2,1H3,(H,12,14). The normalized spacial score (nSPS) is 27.0. The number of carbonyl (C=O) groups is 1. The fourth-order valence-electron chi connectivity index (χ4n) is 1.31. The van der Waals surface area contributed by atoms with Crippen LogP contribution in [-0.4, -0.2) is 27.8 Å². The van der Waals surface area contributed by atoms with Gasteiger partial charge < -0.3 is 11.1 Å². The Morgan fingerprint density at radius 2 is 2.50 bits per heavy atom. The van der Waals surface area contributed by atoms with E-state index in [4.69, 9.17) is 5.73 Å². The fourth-order valence-corrected chi connectivity index (χ4v) is 1.31. The van der Waals surface area contributed by atoms with Crippen molar-refractivity contribution in [2.75, 3.05) is 0 Å². The first-order valence-corrected chi connectivity index (χ1v) is 4.73. The van der Waals surface area contributed by atoms with Gasteiger partial charge in [-0.05, 0) is 19.4 Å². The molecule has 1 fully saturated rings. The first-order chi connectivity index (χ1) is 6.68. The molecule has 0 aromatic carbocycles. The van der Waals surface area contributed by atoms with Crippen molar-refractivity contribution < 1.29 is 4.79 Å². The van der Waals surface area contributed by atoms with Crippen molar-refractivity contribution in [2.24, 2.45) is 5.73 Å². The molecule has 1 aromatic rings. The van der Waals surface area contributed by atoms with Crippen LogP contribution < -0.4 is 11.1 Å². The molecule has 5 nitrogen and oxygen atoms in total. The summed E-state index contributed by atoms with van der Waals surface area (Å²) in [5, 5.41) is 6.88. The number of aromatic nitrogens is 2. The van der Waals surface area contributed by atoms with Gasteiger partial charge in [-0.2, -0.15) is 5.10 Å². The topological polar surface area (TPSA) is 72.9 Å². The molecule has 3 N–H and O–H groups in total. The minimum absolute atomic E-state index is 0.0216. The van der Waals surface area contributed by atoms with Crippen LogP contribution >= 0.6 is 0 Å². The Balaban J connectivity index is 1.91. The van der Waals surface area contributed by atoms with Gasteiger partial charge in [0.05, 0.1) is 0 Å². The molecule has 1 saturated carbocycles. The van der Waals surface area contributed by atoms with Crippen LogP contribution in [0.15, 0.2) is 18.5 Å². The summed E-state index contributed by atoms with van der Waals surface area (Å²) in [6.45, 7) is 1.82. The molecule has 1 aromatic heterocycles. The van der Waals surface area contributed by atoms with Crippen molar-refractivity contribution in [2.45, 2.75) is 31.5 Å². The lowest BCUT2D eigenvalue weighted by Crippen LogP contribution is -2.35. The van der Waals surface area contributed by atoms with Gasteiger partial charge in [-0.1, -0.05) is 0 Å². The number of rotatable bonds is 3. The molecule has 0 aliphatic heterocycles. The predicted octanol–water partition coefficient (Wildman–Crippen LogP) is -0.340. The van der Waals surface area contributed by atoms with Crippen molar-refractivity contribution in [3.8, 4) is 0 Å². The molecule has 3 atom stereocenters. The maximum absolute atomic E-state index is 11.6. The van der Waals surface area contributed by atoms with Gasteiger partial charge in [0.25, 0.3) is 0 Å². The molecule has 14 heavy (non-hydrogen) atoms. The highest BCUT2D eigenvalue weighted by Gasteiger charge is 2.35. The SMILES string of the molecule is CC(C(=O)NC1CC1N)n1cccn1. The first kappa shape index (κ1) is 9.21. The second-order valence-electron chi connectivity index (χ2n) is 3.68. The highest BCUT2D eigenvalue weighted by atomic mass is 16.2. The number of hydrogen-bond donors (Lipinski definition) is 2. The van der Waals surface area contributed by atoms with E-state index in [0.717, 1.165) is 6.42 Å². The highest BCUT2D eigenvalue weighted by Crippen LogP contribution is 2.18. The van der Waals surface area contributed by atoms with Gasteiger partial charge in [0.2, 0.25) is 5.91 Å². The Bertz CT molecular complexity index is 322. The van der Waals surface area contributed by atoms with Crippen LogP contribution in [0.5, 0.6) is 0 Å². The zero-order valence-electron chi connectivity index (χ0n) is 8.05. The van der Waals surface area contributed by atoms with Gasteiger partial charge in [-0.25, -0.2) is 0 Å². The molecule has 0 spiro atoms. The van der Waals surface area contributed by atoms with Crippen LogP contribution in [0.3, 0.4) is 0 Å². The molecule has 0 bridgehead atoms. The van der Waals surface area contributed by atoms with Crippen molar-refractivity contribution >= 4 is 5.91 Å². The molecule has 2 rings (SSSR count). The third-order valence-corrected chi connectivity index (χ3v) is 2.47. The summed E-state index contributed by atoms with van der Waals surface area (Å²) in [6, 6.07) is 1.84. The average Bonchev–Trinajstić information content (AvgIpc) is 2.72. The van der Waals surface area contributed by atoms with E-state index in [9.17, 15) is 4.79 Å². The van der Waals surface area contributed by atoms with Crippen LogP contribution in [0, 0.1) is 0 Å². The lowest BCUT2D eigenvalue weighted by atomic mass is 10.3. The van der Waals surface area contributed by atoms with Gasteiger partial charge >= 0.3 is 0 Å². The number of carbonyl (C=O) groups excluding carboxylic acids is 1. The molecular weight excluding hydrogens is 180 g/mol. The third kappa shape index (κ3) is 1.77. The van der Waals surface area contributed by atoms with Gasteiger partial charge in [-0.15, -0.1) is 0 Å². The van der Waals surface area contributed by atoms with Gasteiger partial charge in [0.15, 0.2) is 0 Å². The molecular formula is C9H14N4O. The zero-order valence-corrected chi connectivity index (χ0v) is 8.05. The monoisotopic (exact) mass is 194 g/mol. The van der Waals surface area contributed by atoms with E-state index in [2.05, 4.69) is 10.4 Å². The van der Waals surface area contributed by atoms with Crippen molar-refractivity contribution in [3.05, 3.63) is 18.5 Å². The van der Waals surface area contributed by atoms with E-state index in [1.54, 1.807) is 23.1 Å². The van der Waals surface area contributed by atoms with Gasteiger partial charge in [0, 0.05) is 24.5 Å². The summed E-state index contributed by atoms with van der Waals surface area (Å²) in [5.74, 6) is -0.0216. The van der Waals surface area contributed by atoms with E-state index < -0.39 is 0 Å². The van der Waals surface area contributed by atoms with Crippen molar-refractivity contribution in [1.82, 2.24) is 15.1 Å².